The van der Waals surface area contributed by atoms with Crippen LogP contribution in [0.2, 0.25) is 0 Å². The van der Waals surface area contributed by atoms with Crippen molar-refractivity contribution < 1.29 is 19.4 Å². The number of carbonyl (C=O) groups is 2. The Kier molecular flexibility index (Phi) is 5.42. The second-order valence-electron chi connectivity index (χ2n) is 7.52. The molecule has 1 fully saturated rings. The topological polar surface area (TPSA) is 78.9 Å². The maximum atomic E-state index is 12.9. The summed E-state index contributed by atoms with van der Waals surface area (Å²) in [6, 6.07) is 12.7. The van der Waals surface area contributed by atoms with Crippen LogP contribution in [-0.2, 0) is 10.3 Å². The van der Waals surface area contributed by atoms with E-state index in [0.717, 1.165) is 21.6 Å². The van der Waals surface area contributed by atoms with Gasteiger partial charge in [0, 0.05) is 0 Å². The average molecular weight is 382 g/mol. The van der Waals surface area contributed by atoms with E-state index in [4.69, 9.17) is 4.74 Å². The molecule has 6 heteroatoms. The second kappa shape index (κ2) is 7.64. The van der Waals surface area contributed by atoms with Crippen molar-refractivity contribution in [2.75, 3.05) is 13.2 Å². The van der Waals surface area contributed by atoms with Crippen LogP contribution < -0.4 is 10.1 Å². The number of para-hydroxylation sites is 1. The van der Waals surface area contributed by atoms with Crippen LogP contribution in [0.15, 0.2) is 42.5 Å². The SMILES string of the molecule is Cc1ccc([C@@]2(C)NC(=O)N(C[C@@H](O)COc3c(C)cccc3C)C2=O)cc1. The first-order valence-corrected chi connectivity index (χ1v) is 9.30. The first kappa shape index (κ1) is 19.9. The van der Waals surface area contributed by atoms with Crippen molar-refractivity contribution in [2.24, 2.45) is 0 Å². The third-order valence-corrected chi connectivity index (χ3v) is 5.13. The summed E-state index contributed by atoms with van der Waals surface area (Å²) >= 11 is 0. The van der Waals surface area contributed by atoms with Crippen LogP contribution in [0, 0.1) is 20.8 Å². The predicted octanol–water partition coefficient (Wildman–Crippen LogP) is 2.82. The zero-order valence-electron chi connectivity index (χ0n) is 16.7. The van der Waals surface area contributed by atoms with Gasteiger partial charge in [-0.3, -0.25) is 9.69 Å². The number of aliphatic hydroxyl groups is 1. The van der Waals surface area contributed by atoms with Gasteiger partial charge in [0.15, 0.2) is 0 Å². The van der Waals surface area contributed by atoms with Crippen LogP contribution >= 0.6 is 0 Å². The summed E-state index contributed by atoms with van der Waals surface area (Å²) < 4.78 is 5.74. The molecular formula is C22H26N2O4. The molecule has 0 saturated carbocycles. The number of hydrogen-bond acceptors (Lipinski definition) is 4. The molecule has 3 rings (SSSR count). The van der Waals surface area contributed by atoms with Gasteiger partial charge in [-0.15, -0.1) is 0 Å². The van der Waals surface area contributed by atoms with E-state index < -0.39 is 17.7 Å². The molecule has 0 bridgehead atoms. The van der Waals surface area contributed by atoms with Gasteiger partial charge >= 0.3 is 6.03 Å². The number of nitrogens with zero attached hydrogens (tertiary/aromatic N) is 1. The van der Waals surface area contributed by atoms with Gasteiger partial charge in [0.1, 0.15) is 24.0 Å². The number of carbonyl (C=O) groups excluding carboxylic acids is 2. The van der Waals surface area contributed by atoms with E-state index in [0.29, 0.717) is 11.3 Å². The largest absolute Gasteiger partial charge is 0.490 e. The average Bonchev–Trinajstić information content (AvgIpc) is 2.86. The summed E-state index contributed by atoms with van der Waals surface area (Å²) in [4.78, 5) is 26.4. The highest BCUT2D eigenvalue weighted by Crippen LogP contribution is 2.29. The van der Waals surface area contributed by atoms with Gasteiger partial charge in [-0.05, 0) is 44.4 Å². The van der Waals surface area contributed by atoms with Gasteiger partial charge in [-0.25, -0.2) is 4.79 Å². The lowest BCUT2D eigenvalue weighted by Gasteiger charge is -2.23. The van der Waals surface area contributed by atoms with Crippen LogP contribution in [0.5, 0.6) is 5.75 Å². The molecule has 0 radical (unpaired) electrons. The minimum absolute atomic E-state index is 0.00992. The van der Waals surface area contributed by atoms with E-state index >= 15 is 0 Å². The summed E-state index contributed by atoms with van der Waals surface area (Å²) in [6.45, 7) is 7.36. The van der Waals surface area contributed by atoms with Gasteiger partial charge in [-0.2, -0.15) is 0 Å². The molecule has 28 heavy (non-hydrogen) atoms. The highest BCUT2D eigenvalue weighted by Gasteiger charge is 2.49. The number of ether oxygens (including phenoxy) is 1. The molecule has 1 heterocycles. The first-order valence-electron chi connectivity index (χ1n) is 9.30. The number of rotatable bonds is 6. The molecule has 0 unspecified atom stereocenters. The Bertz CT molecular complexity index is 874. The Labute approximate surface area is 165 Å². The van der Waals surface area contributed by atoms with E-state index in [9.17, 15) is 14.7 Å². The number of benzene rings is 2. The van der Waals surface area contributed by atoms with Crippen molar-refractivity contribution in [2.45, 2.75) is 39.3 Å². The number of amides is 3. The number of urea groups is 1. The van der Waals surface area contributed by atoms with E-state index in [2.05, 4.69) is 5.32 Å². The predicted molar refractivity (Wildman–Crippen MR) is 106 cm³/mol. The smallest absolute Gasteiger partial charge is 0.325 e. The Morgan fingerprint density at radius 2 is 1.68 bits per heavy atom. The van der Waals surface area contributed by atoms with Crippen LogP contribution in [0.4, 0.5) is 4.79 Å². The van der Waals surface area contributed by atoms with Crippen LogP contribution in [0.3, 0.4) is 0 Å². The van der Waals surface area contributed by atoms with Crippen molar-refractivity contribution >= 4 is 11.9 Å². The van der Waals surface area contributed by atoms with E-state index in [-0.39, 0.29) is 19.1 Å². The van der Waals surface area contributed by atoms with Crippen LogP contribution in [-0.4, -0.2) is 41.2 Å². The van der Waals surface area contributed by atoms with Crippen molar-refractivity contribution in [1.82, 2.24) is 10.2 Å². The molecule has 1 aliphatic rings. The number of imide groups is 1. The number of hydrogen-bond donors (Lipinski definition) is 2. The van der Waals surface area contributed by atoms with Crippen LogP contribution in [0.1, 0.15) is 29.2 Å². The second-order valence-corrected chi connectivity index (χ2v) is 7.52. The third kappa shape index (κ3) is 3.73. The number of aryl methyl sites for hydroxylation is 3. The summed E-state index contributed by atoms with van der Waals surface area (Å²) in [5.41, 5.74) is 2.57. The molecule has 2 aromatic carbocycles. The number of aliphatic hydroxyl groups excluding tert-OH is 1. The molecule has 0 aromatic heterocycles. The highest BCUT2D eigenvalue weighted by atomic mass is 16.5. The molecule has 3 amide bonds. The quantitative estimate of drug-likeness (QED) is 0.753. The summed E-state index contributed by atoms with van der Waals surface area (Å²) in [6.07, 6.45) is -0.992. The zero-order valence-corrected chi connectivity index (χ0v) is 16.7. The van der Waals surface area contributed by atoms with Crippen LogP contribution in [0.25, 0.3) is 0 Å². The molecular weight excluding hydrogens is 356 g/mol. The monoisotopic (exact) mass is 382 g/mol. The molecule has 0 aliphatic carbocycles. The van der Waals surface area contributed by atoms with Gasteiger partial charge in [0.05, 0.1) is 6.54 Å². The molecule has 0 spiro atoms. The van der Waals surface area contributed by atoms with Gasteiger partial charge in [0.2, 0.25) is 0 Å². The Balaban J connectivity index is 1.68. The fourth-order valence-electron chi connectivity index (χ4n) is 3.42. The zero-order chi connectivity index (χ0) is 20.5. The Morgan fingerprint density at radius 1 is 1.07 bits per heavy atom. The standard InChI is InChI=1S/C22H26N2O4/c1-14-8-10-17(11-9-14)22(4)20(26)24(21(27)23-22)12-18(25)13-28-19-15(2)6-5-7-16(19)3/h5-11,18,25H,12-13H2,1-4H3,(H,23,27)/t18-,22-/m1/s1. The maximum Gasteiger partial charge on any atom is 0.325 e. The summed E-state index contributed by atoms with van der Waals surface area (Å²) in [5, 5.41) is 13.1. The first-order chi connectivity index (χ1) is 13.2. The van der Waals surface area contributed by atoms with Crippen molar-refractivity contribution in [3.8, 4) is 5.75 Å². The molecule has 6 nitrogen and oxygen atoms in total. The minimum atomic E-state index is -1.14. The Morgan fingerprint density at radius 3 is 2.29 bits per heavy atom. The number of β-amino-alcohol motifs (C(OH)–C–C–N with tert-alkyl or cyclic N) is 1. The fourth-order valence-corrected chi connectivity index (χ4v) is 3.42. The summed E-state index contributed by atoms with van der Waals surface area (Å²) in [7, 11) is 0. The van der Waals surface area contributed by atoms with E-state index in [1.54, 1.807) is 6.92 Å². The van der Waals surface area contributed by atoms with E-state index in [1.807, 2.05) is 63.2 Å². The molecule has 1 aliphatic heterocycles. The fraction of sp³-hybridized carbons (Fsp3) is 0.364. The lowest BCUT2D eigenvalue weighted by Crippen LogP contribution is -2.42. The lowest BCUT2D eigenvalue weighted by molar-refractivity contribution is -0.132. The molecule has 148 valence electrons. The minimum Gasteiger partial charge on any atom is -0.490 e. The Hall–Kier alpha value is -2.86. The molecule has 2 atom stereocenters. The highest BCUT2D eigenvalue weighted by molar-refractivity contribution is 6.07. The lowest BCUT2D eigenvalue weighted by atomic mass is 9.91. The van der Waals surface area contributed by atoms with E-state index in [1.165, 1.54) is 0 Å². The van der Waals surface area contributed by atoms with Crippen molar-refractivity contribution in [1.29, 1.82) is 0 Å². The number of nitrogens with one attached hydrogen (secondary N) is 1. The molecule has 1 saturated heterocycles. The molecule has 2 aromatic rings. The van der Waals surface area contributed by atoms with Crippen molar-refractivity contribution in [3.05, 3.63) is 64.7 Å². The van der Waals surface area contributed by atoms with Gasteiger partial charge in [0.25, 0.3) is 5.91 Å². The van der Waals surface area contributed by atoms with Gasteiger partial charge in [-0.1, -0.05) is 48.0 Å². The van der Waals surface area contributed by atoms with Gasteiger partial charge < -0.3 is 15.2 Å². The third-order valence-electron chi connectivity index (χ3n) is 5.13. The van der Waals surface area contributed by atoms with Crippen molar-refractivity contribution in [3.63, 3.8) is 0 Å². The summed E-state index contributed by atoms with van der Waals surface area (Å²) in [5.74, 6) is 0.329. The normalized spacial score (nSPS) is 20.2. The molecule has 2 N–H and O–H groups in total. The maximum absolute atomic E-state index is 12.9.